The van der Waals surface area contributed by atoms with E-state index in [1.165, 1.54) is 18.5 Å². The maximum Gasteiger partial charge on any atom is 0.319 e. The minimum Gasteiger partial charge on any atom is -0.497 e. The third-order valence-electron chi connectivity index (χ3n) is 3.62. The number of hydrogen-bond acceptors (Lipinski definition) is 4. The molecule has 0 aliphatic heterocycles. The standard InChI is InChI=1S/C19H17FN4O2/c1-26-17-4-2-3-15(9-17)24-19(25)21-11-16-10-18(23-12-22-16)13-5-7-14(20)8-6-13/h2-10,12H,11H2,1H3,(H2,21,24,25). The number of anilines is 1. The van der Waals surface area contributed by atoms with Crippen LogP contribution in [0, 0.1) is 5.82 Å². The number of benzene rings is 2. The van der Waals surface area contributed by atoms with Crippen molar-refractivity contribution in [2.24, 2.45) is 0 Å². The molecule has 2 amide bonds. The van der Waals surface area contributed by atoms with Gasteiger partial charge in [-0.15, -0.1) is 0 Å². The van der Waals surface area contributed by atoms with E-state index in [9.17, 15) is 9.18 Å². The van der Waals surface area contributed by atoms with Gasteiger partial charge in [0.05, 0.1) is 25.0 Å². The maximum absolute atomic E-state index is 13.0. The van der Waals surface area contributed by atoms with Crippen molar-refractivity contribution in [2.75, 3.05) is 12.4 Å². The Morgan fingerprint density at radius 1 is 1.12 bits per heavy atom. The van der Waals surface area contributed by atoms with Gasteiger partial charge in [-0.05, 0) is 42.5 Å². The summed E-state index contributed by atoms with van der Waals surface area (Å²) < 4.78 is 18.1. The van der Waals surface area contributed by atoms with Crippen LogP contribution in [0.5, 0.6) is 5.75 Å². The third-order valence-corrected chi connectivity index (χ3v) is 3.62. The lowest BCUT2D eigenvalue weighted by molar-refractivity contribution is 0.251. The van der Waals surface area contributed by atoms with Crippen molar-refractivity contribution in [1.29, 1.82) is 0 Å². The molecule has 1 heterocycles. The van der Waals surface area contributed by atoms with Crippen LogP contribution >= 0.6 is 0 Å². The highest BCUT2D eigenvalue weighted by Gasteiger charge is 2.06. The highest BCUT2D eigenvalue weighted by molar-refractivity contribution is 5.89. The molecule has 0 radical (unpaired) electrons. The third kappa shape index (κ3) is 4.54. The van der Waals surface area contributed by atoms with Crippen molar-refractivity contribution in [3.63, 3.8) is 0 Å². The molecule has 2 N–H and O–H groups in total. The molecule has 3 aromatic rings. The number of hydrogen-bond donors (Lipinski definition) is 2. The van der Waals surface area contributed by atoms with E-state index in [4.69, 9.17) is 4.74 Å². The minimum atomic E-state index is -0.361. The number of ether oxygens (including phenoxy) is 1. The van der Waals surface area contributed by atoms with E-state index >= 15 is 0 Å². The quantitative estimate of drug-likeness (QED) is 0.735. The topological polar surface area (TPSA) is 76.1 Å². The molecule has 0 fully saturated rings. The molecule has 0 aliphatic rings. The number of carbonyl (C=O) groups is 1. The number of urea groups is 1. The predicted molar refractivity (Wildman–Crippen MR) is 96.3 cm³/mol. The molecule has 7 heteroatoms. The van der Waals surface area contributed by atoms with Crippen LogP contribution in [-0.2, 0) is 6.54 Å². The minimum absolute atomic E-state index is 0.229. The van der Waals surface area contributed by atoms with Crippen molar-refractivity contribution in [3.05, 3.63) is 72.4 Å². The van der Waals surface area contributed by atoms with Gasteiger partial charge in [0.1, 0.15) is 17.9 Å². The Bertz CT molecular complexity index is 900. The summed E-state index contributed by atoms with van der Waals surface area (Å²) in [7, 11) is 1.56. The van der Waals surface area contributed by atoms with E-state index in [2.05, 4.69) is 20.6 Å². The summed E-state index contributed by atoms with van der Waals surface area (Å²) in [5.74, 6) is 0.349. The lowest BCUT2D eigenvalue weighted by Crippen LogP contribution is -2.28. The van der Waals surface area contributed by atoms with Crippen LogP contribution in [0.1, 0.15) is 5.69 Å². The SMILES string of the molecule is COc1cccc(NC(=O)NCc2cc(-c3ccc(F)cc3)ncn2)c1. The average Bonchev–Trinajstić information content (AvgIpc) is 2.67. The summed E-state index contributed by atoms with van der Waals surface area (Å²) in [6.45, 7) is 0.229. The summed E-state index contributed by atoms with van der Waals surface area (Å²) in [6, 6.07) is 14.5. The van der Waals surface area contributed by atoms with Gasteiger partial charge in [0.25, 0.3) is 0 Å². The molecule has 0 unspecified atom stereocenters. The highest BCUT2D eigenvalue weighted by Crippen LogP contribution is 2.18. The molecule has 26 heavy (non-hydrogen) atoms. The fourth-order valence-corrected chi connectivity index (χ4v) is 2.32. The molecule has 0 atom stereocenters. The van der Waals surface area contributed by atoms with E-state index in [1.54, 1.807) is 49.6 Å². The number of amides is 2. The zero-order chi connectivity index (χ0) is 18.4. The van der Waals surface area contributed by atoms with Crippen LogP contribution in [0.4, 0.5) is 14.9 Å². The van der Waals surface area contributed by atoms with Gasteiger partial charge in [-0.25, -0.2) is 19.2 Å². The van der Waals surface area contributed by atoms with Crippen molar-refractivity contribution in [3.8, 4) is 17.0 Å². The first-order valence-electron chi connectivity index (χ1n) is 7.90. The number of nitrogens with one attached hydrogen (secondary N) is 2. The van der Waals surface area contributed by atoms with Gasteiger partial charge < -0.3 is 15.4 Å². The Kier molecular flexibility index (Phi) is 5.38. The van der Waals surface area contributed by atoms with E-state index in [0.29, 0.717) is 22.8 Å². The van der Waals surface area contributed by atoms with Crippen LogP contribution < -0.4 is 15.4 Å². The molecular formula is C19H17FN4O2. The van der Waals surface area contributed by atoms with Crippen molar-refractivity contribution in [2.45, 2.75) is 6.54 Å². The number of halogens is 1. The molecule has 0 bridgehead atoms. The number of carbonyl (C=O) groups excluding carboxylic acids is 1. The largest absolute Gasteiger partial charge is 0.497 e. The molecular weight excluding hydrogens is 335 g/mol. The fraction of sp³-hybridized carbons (Fsp3) is 0.105. The number of rotatable bonds is 5. The van der Waals surface area contributed by atoms with E-state index in [1.807, 2.05) is 0 Å². The van der Waals surface area contributed by atoms with Gasteiger partial charge in [0.15, 0.2) is 0 Å². The molecule has 0 spiro atoms. The van der Waals surface area contributed by atoms with Crippen LogP contribution in [-0.4, -0.2) is 23.1 Å². The summed E-state index contributed by atoms with van der Waals surface area (Å²) in [4.78, 5) is 20.3. The summed E-state index contributed by atoms with van der Waals surface area (Å²) in [5.41, 5.74) is 2.69. The molecule has 132 valence electrons. The van der Waals surface area contributed by atoms with Crippen LogP contribution in [0.2, 0.25) is 0 Å². The smallest absolute Gasteiger partial charge is 0.319 e. The van der Waals surface area contributed by atoms with Gasteiger partial charge >= 0.3 is 6.03 Å². The normalized spacial score (nSPS) is 10.2. The van der Waals surface area contributed by atoms with E-state index in [0.717, 1.165) is 5.56 Å². The monoisotopic (exact) mass is 352 g/mol. The number of nitrogens with zero attached hydrogens (tertiary/aromatic N) is 2. The molecule has 6 nitrogen and oxygen atoms in total. The number of methoxy groups -OCH3 is 1. The Balaban J connectivity index is 1.61. The average molecular weight is 352 g/mol. The van der Waals surface area contributed by atoms with Gasteiger partial charge in [-0.2, -0.15) is 0 Å². The molecule has 0 saturated carbocycles. The molecule has 2 aromatic carbocycles. The first-order valence-corrected chi connectivity index (χ1v) is 7.90. The van der Waals surface area contributed by atoms with Gasteiger partial charge in [0.2, 0.25) is 0 Å². The Hall–Kier alpha value is -3.48. The predicted octanol–water partition coefficient (Wildman–Crippen LogP) is 3.61. The Morgan fingerprint density at radius 2 is 1.92 bits per heavy atom. The van der Waals surface area contributed by atoms with Gasteiger partial charge in [-0.3, -0.25) is 0 Å². The van der Waals surface area contributed by atoms with Crippen LogP contribution in [0.3, 0.4) is 0 Å². The molecule has 0 aliphatic carbocycles. The second-order valence-corrected chi connectivity index (χ2v) is 5.44. The highest BCUT2D eigenvalue weighted by atomic mass is 19.1. The van der Waals surface area contributed by atoms with Crippen LogP contribution in [0.15, 0.2) is 60.9 Å². The summed E-state index contributed by atoms with van der Waals surface area (Å²) >= 11 is 0. The van der Waals surface area contributed by atoms with Crippen LogP contribution in [0.25, 0.3) is 11.3 Å². The lowest BCUT2D eigenvalue weighted by atomic mass is 10.1. The first-order chi connectivity index (χ1) is 12.6. The zero-order valence-electron chi connectivity index (χ0n) is 14.1. The van der Waals surface area contributed by atoms with E-state index < -0.39 is 0 Å². The Labute approximate surface area is 150 Å². The molecule has 0 saturated heterocycles. The fourth-order valence-electron chi connectivity index (χ4n) is 2.32. The summed E-state index contributed by atoms with van der Waals surface area (Å²) in [5, 5.41) is 5.46. The van der Waals surface area contributed by atoms with Crippen molar-refractivity contribution < 1.29 is 13.9 Å². The van der Waals surface area contributed by atoms with E-state index in [-0.39, 0.29) is 18.4 Å². The second kappa shape index (κ2) is 8.06. The zero-order valence-corrected chi connectivity index (χ0v) is 14.1. The second-order valence-electron chi connectivity index (χ2n) is 5.44. The number of aromatic nitrogens is 2. The maximum atomic E-state index is 13.0. The van der Waals surface area contributed by atoms with Crippen molar-refractivity contribution >= 4 is 11.7 Å². The van der Waals surface area contributed by atoms with Crippen molar-refractivity contribution in [1.82, 2.24) is 15.3 Å². The Morgan fingerprint density at radius 3 is 2.69 bits per heavy atom. The molecule has 3 rings (SSSR count). The van der Waals surface area contributed by atoms with Gasteiger partial charge in [0, 0.05) is 17.3 Å². The first kappa shape index (κ1) is 17.3. The molecule has 1 aromatic heterocycles. The van der Waals surface area contributed by atoms with Gasteiger partial charge in [-0.1, -0.05) is 6.07 Å². The lowest BCUT2D eigenvalue weighted by Gasteiger charge is -2.09. The summed E-state index contributed by atoms with van der Waals surface area (Å²) in [6.07, 6.45) is 1.41.